The average molecular weight is 337 g/mol. The molecular weight excluding hydrogens is 330 g/mol. The van der Waals surface area contributed by atoms with Crippen LogP contribution in [0.15, 0.2) is 16.6 Å². The second-order valence-corrected chi connectivity index (χ2v) is 4.32. The summed E-state index contributed by atoms with van der Waals surface area (Å²) in [5, 5.41) is 10.9. The Morgan fingerprint density at radius 2 is 2.13 bits per heavy atom. The zero-order valence-corrected chi connectivity index (χ0v) is 11.0. The van der Waals surface area contributed by atoms with Gasteiger partial charge in [0.25, 0.3) is 5.69 Å². The highest BCUT2D eigenvalue weighted by atomic mass is 79.9. The van der Waals surface area contributed by atoms with E-state index in [-0.39, 0.29) is 22.4 Å². The Labute approximate surface area is 103 Å². The molecule has 0 unspecified atom stereocenters. The number of benzene rings is 1. The van der Waals surface area contributed by atoms with Crippen LogP contribution in [0.3, 0.4) is 0 Å². The molecule has 15 heavy (non-hydrogen) atoms. The molecular formula is C9H7Br2NO3. The summed E-state index contributed by atoms with van der Waals surface area (Å²) >= 11 is 6.08. The van der Waals surface area contributed by atoms with Crippen LogP contribution in [-0.2, 0) is 0 Å². The summed E-state index contributed by atoms with van der Waals surface area (Å²) in [6.45, 7) is 1.68. The standard InChI is InChI=1S/C9H7Br2NO3/c1-5-2-3-6(11)9(12(14)15)8(5)7(13)4-10/h2-3H,4H2,1H3. The number of hydrogen-bond acceptors (Lipinski definition) is 3. The number of aryl methyl sites for hydroxylation is 1. The predicted octanol–water partition coefficient (Wildman–Crippen LogP) is 3.24. The van der Waals surface area contributed by atoms with E-state index in [1.54, 1.807) is 19.1 Å². The number of nitro groups is 1. The van der Waals surface area contributed by atoms with E-state index in [1.165, 1.54) is 0 Å². The first-order valence-electron chi connectivity index (χ1n) is 4.01. The molecule has 1 aromatic rings. The Morgan fingerprint density at radius 3 is 2.60 bits per heavy atom. The van der Waals surface area contributed by atoms with Gasteiger partial charge in [0.2, 0.25) is 0 Å². The van der Waals surface area contributed by atoms with Gasteiger partial charge in [-0.2, -0.15) is 0 Å². The fourth-order valence-electron chi connectivity index (χ4n) is 1.26. The van der Waals surface area contributed by atoms with Crippen LogP contribution in [0.25, 0.3) is 0 Å². The van der Waals surface area contributed by atoms with Crippen molar-refractivity contribution in [3.63, 3.8) is 0 Å². The van der Waals surface area contributed by atoms with Crippen LogP contribution in [0.5, 0.6) is 0 Å². The summed E-state index contributed by atoms with van der Waals surface area (Å²) in [5.41, 5.74) is 0.597. The number of nitrogens with zero attached hydrogens (tertiary/aromatic N) is 1. The summed E-state index contributed by atoms with van der Waals surface area (Å²) in [6.07, 6.45) is 0. The largest absolute Gasteiger partial charge is 0.294 e. The van der Waals surface area contributed by atoms with Crippen LogP contribution in [0.4, 0.5) is 5.69 Å². The van der Waals surface area contributed by atoms with Gasteiger partial charge in [-0.1, -0.05) is 22.0 Å². The Bertz CT molecular complexity index is 432. The van der Waals surface area contributed by atoms with Crippen LogP contribution in [0, 0.1) is 17.0 Å². The zero-order valence-electron chi connectivity index (χ0n) is 7.79. The van der Waals surface area contributed by atoms with Gasteiger partial charge in [-0.25, -0.2) is 0 Å². The number of rotatable bonds is 3. The lowest BCUT2D eigenvalue weighted by atomic mass is 10.0. The number of hydrogen-bond donors (Lipinski definition) is 0. The van der Waals surface area contributed by atoms with E-state index in [2.05, 4.69) is 31.9 Å². The maximum atomic E-state index is 11.5. The Kier molecular flexibility index (Phi) is 3.98. The maximum absolute atomic E-state index is 11.5. The number of ketones is 1. The molecule has 0 heterocycles. The van der Waals surface area contributed by atoms with E-state index in [0.29, 0.717) is 10.0 Å². The lowest BCUT2D eigenvalue weighted by Gasteiger charge is -2.05. The molecule has 6 heteroatoms. The summed E-state index contributed by atoms with van der Waals surface area (Å²) in [7, 11) is 0. The molecule has 1 rings (SSSR count). The van der Waals surface area contributed by atoms with E-state index >= 15 is 0 Å². The van der Waals surface area contributed by atoms with Crippen molar-refractivity contribution in [2.75, 3.05) is 5.33 Å². The number of carbonyl (C=O) groups is 1. The van der Waals surface area contributed by atoms with Gasteiger partial charge in [-0.15, -0.1) is 0 Å². The highest BCUT2D eigenvalue weighted by Gasteiger charge is 2.24. The van der Waals surface area contributed by atoms with Gasteiger partial charge >= 0.3 is 0 Å². The van der Waals surface area contributed by atoms with Crippen LogP contribution >= 0.6 is 31.9 Å². The highest BCUT2D eigenvalue weighted by Crippen LogP contribution is 2.31. The minimum absolute atomic E-state index is 0.0745. The van der Waals surface area contributed by atoms with Gasteiger partial charge in [0.05, 0.1) is 14.7 Å². The molecule has 80 valence electrons. The zero-order chi connectivity index (χ0) is 11.6. The number of Topliss-reactive ketones (excluding diaryl/α,β-unsaturated/α-hetero) is 1. The quantitative estimate of drug-likeness (QED) is 0.368. The van der Waals surface area contributed by atoms with E-state index in [0.717, 1.165) is 0 Å². The molecule has 0 amide bonds. The second-order valence-electron chi connectivity index (χ2n) is 2.90. The Morgan fingerprint density at radius 1 is 1.53 bits per heavy atom. The van der Waals surface area contributed by atoms with Gasteiger partial charge in [-0.05, 0) is 34.5 Å². The Balaban J connectivity index is 3.52. The van der Waals surface area contributed by atoms with Crippen LogP contribution < -0.4 is 0 Å². The number of carbonyl (C=O) groups excluding carboxylic acids is 1. The topological polar surface area (TPSA) is 60.2 Å². The smallest absolute Gasteiger partial charge is 0.293 e. The SMILES string of the molecule is Cc1ccc(Br)c([N+](=O)[O-])c1C(=O)CBr. The van der Waals surface area contributed by atoms with Crippen LogP contribution in [0.1, 0.15) is 15.9 Å². The molecule has 0 N–H and O–H groups in total. The minimum Gasteiger partial charge on any atom is -0.293 e. The predicted molar refractivity (Wildman–Crippen MR) is 63.7 cm³/mol. The summed E-state index contributed by atoms with van der Waals surface area (Å²) in [5.74, 6) is -0.291. The van der Waals surface area contributed by atoms with Gasteiger partial charge in [-0.3, -0.25) is 14.9 Å². The fraction of sp³-hybridized carbons (Fsp3) is 0.222. The number of nitro benzene ring substituents is 1. The second kappa shape index (κ2) is 4.85. The van der Waals surface area contributed by atoms with Gasteiger partial charge in [0.15, 0.2) is 5.78 Å². The van der Waals surface area contributed by atoms with E-state index < -0.39 is 4.92 Å². The minimum atomic E-state index is -0.549. The van der Waals surface area contributed by atoms with Crippen molar-refractivity contribution >= 4 is 43.3 Å². The first-order chi connectivity index (χ1) is 6.99. The average Bonchev–Trinajstić information content (AvgIpc) is 2.19. The fourth-order valence-corrected chi connectivity index (χ4v) is 2.02. The van der Waals surface area contributed by atoms with Crippen molar-refractivity contribution in [1.29, 1.82) is 0 Å². The van der Waals surface area contributed by atoms with Crippen LogP contribution in [-0.4, -0.2) is 16.0 Å². The third-order valence-corrected chi connectivity index (χ3v) is 3.07. The van der Waals surface area contributed by atoms with Gasteiger partial charge in [0.1, 0.15) is 5.56 Å². The molecule has 1 aromatic carbocycles. The van der Waals surface area contributed by atoms with Crippen LogP contribution in [0.2, 0.25) is 0 Å². The van der Waals surface area contributed by atoms with Gasteiger partial charge < -0.3 is 0 Å². The third kappa shape index (κ3) is 2.43. The molecule has 0 spiro atoms. The normalized spacial score (nSPS) is 10.1. The van der Waals surface area contributed by atoms with Crippen molar-refractivity contribution in [2.24, 2.45) is 0 Å². The summed E-state index contributed by atoms with van der Waals surface area (Å²) in [6, 6.07) is 3.24. The number of alkyl halides is 1. The molecule has 4 nitrogen and oxygen atoms in total. The highest BCUT2D eigenvalue weighted by molar-refractivity contribution is 9.10. The monoisotopic (exact) mass is 335 g/mol. The maximum Gasteiger partial charge on any atom is 0.294 e. The molecule has 0 atom stereocenters. The van der Waals surface area contributed by atoms with E-state index in [1.807, 2.05) is 0 Å². The summed E-state index contributed by atoms with van der Waals surface area (Å²) < 4.78 is 0.322. The molecule has 0 bridgehead atoms. The summed E-state index contributed by atoms with van der Waals surface area (Å²) in [4.78, 5) is 21.8. The van der Waals surface area contributed by atoms with Gasteiger partial charge in [0, 0.05) is 0 Å². The first kappa shape index (κ1) is 12.3. The van der Waals surface area contributed by atoms with Crippen molar-refractivity contribution in [3.05, 3.63) is 37.8 Å². The first-order valence-corrected chi connectivity index (χ1v) is 5.93. The molecule has 0 saturated carbocycles. The van der Waals surface area contributed by atoms with Crippen molar-refractivity contribution in [1.82, 2.24) is 0 Å². The van der Waals surface area contributed by atoms with Crippen molar-refractivity contribution in [2.45, 2.75) is 6.92 Å². The molecule has 0 radical (unpaired) electrons. The Hall–Kier alpha value is -0.750. The molecule has 0 aliphatic rings. The molecule has 0 aliphatic heterocycles. The lowest BCUT2D eigenvalue weighted by Crippen LogP contribution is -2.07. The lowest BCUT2D eigenvalue weighted by molar-refractivity contribution is -0.386. The number of halogens is 2. The molecule has 0 aromatic heterocycles. The van der Waals surface area contributed by atoms with Crippen molar-refractivity contribution in [3.8, 4) is 0 Å². The van der Waals surface area contributed by atoms with E-state index in [4.69, 9.17) is 0 Å². The molecule has 0 aliphatic carbocycles. The molecule has 0 saturated heterocycles. The van der Waals surface area contributed by atoms with E-state index in [9.17, 15) is 14.9 Å². The van der Waals surface area contributed by atoms with Crippen molar-refractivity contribution < 1.29 is 9.72 Å². The molecule has 0 fully saturated rings. The third-order valence-electron chi connectivity index (χ3n) is 1.92.